The summed E-state index contributed by atoms with van der Waals surface area (Å²) in [4.78, 5) is 16.7. The number of hydrogen-bond acceptors (Lipinski definition) is 5. The predicted molar refractivity (Wildman–Crippen MR) is 93.1 cm³/mol. The van der Waals surface area contributed by atoms with Gasteiger partial charge >= 0.3 is 0 Å². The zero-order chi connectivity index (χ0) is 16.1. The van der Waals surface area contributed by atoms with Gasteiger partial charge in [-0.2, -0.15) is 0 Å². The number of hydrazine groups is 1. The average molecular weight is 328 g/mol. The summed E-state index contributed by atoms with van der Waals surface area (Å²) >= 11 is 1.68. The maximum absolute atomic E-state index is 12.4. The van der Waals surface area contributed by atoms with Crippen molar-refractivity contribution < 1.29 is 4.79 Å². The molecule has 1 aromatic carbocycles. The van der Waals surface area contributed by atoms with E-state index in [0.717, 1.165) is 16.5 Å². The maximum atomic E-state index is 12.4. The summed E-state index contributed by atoms with van der Waals surface area (Å²) in [7, 11) is 0. The molecule has 3 N–H and O–H groups in total. The Kier molecular flexibility index (Phi) is 5.27. The number of nitrogens with one attached hydrogen (secondary N) is 3. The molecule has 2 heterocycles. The number of nitrogens with zero attached hydrogens (tertiary/aromatic N) is 1. The molecule has 3 rings (SSSR count). The molecule has 1 amide bonds. The Morgan fingerprint density at radius 2 is 2.09 bits per heavy atom. The number of pyridine rings is 1. The average Bonchev–Trinajstić information content (AvgIpc) is 3.08. The smallest absolute Gasteiger partial charge is 0.242 e. The van der Waals surface area contributed by atoms with Crippen molar-refractivity contribution in [2.75, 3.05) is 11.1 Å². The van der Waals surface area contributed by atoms with Gasteiger partial charge in [0.15, 0.2) is 0 Å². The summed E-state index contributed by atoms with van der Waals surface area (Å²) in [5, 5.41) is 3.88. The minimum absolute atomic E-state index is 0.0476. The Labute approximate surface area is 140 Å². The van der Waals surface area contributed by atoms with Crippen LogP contribution >= 0.6 is 11.8 Å². The molecule has 0 spiro atoms. The quantitative estimate of drug-likeness (QED) is 0.737. The highest BCUT2D eigenvalue weighted by Crippen LogP contribution is 2.23. The summed E-state index contributed by atoms with van der Waals surface area (Å²) in [5.74, 6) is 0.936. The fourth-order valence-corrected chi connectivity index (χ4v) is 3.14. The largest absolute Gasteiger partial charge is 0.323 e. The molecule has 0 aliphatic carbocycles. The van der Waals surface area contributed by atoms with E-state index in [9.17, 15) is 4.79 Å². The van der Waals surface area contributed by atoms with Crippen LogP contribution in [0.5, 0.6) is 0 Å². The van der Waals surface area contributed by atoms with Gasteiger partial charge in [0, 0.05) is 6.04 Å². The van der Waals surface area contributed by atoms with Crippen molar-refractivity contribution in [3.05, 3.63) is 54.2 Å². The van der Waals surface area contributed by atoms with Gasteiger partial charge in [0.2, 0.25) is 5.91 Å². The van der Waals surface area contributed by atoms with Crippen LogP contribution in [0, 0.1) is 0 Å². The highest BCUT2D eigenvalue weighted by molar-refractivity contribution is 7.99. The third kappa shape index (κ3) is 4.10. The van der Waals surface area contributed by atoms with Crippen molar-refractivity contribution >= 4 is 23.4 Å². The molecule has 1 aliphatic heterocycles. The van der Waals surface area contributed by atoms with Gasteiger partial charge in [0.1, 0.15) is 6.04 Å². The molecule has 120 valence electrons. The van der Waals surface area contributed by atoms with E-state index in [1.54, 1.807) is 18.0 Å². The van der Waals surface area contributed by atoms with Gasteiger partial charge in [-0.05, 0) is 29.9 Å². The number of aromatic nitrogens is 1. The molecule has 2 aromatic rings. The lowest BCUT2D eigenvalue weighted by atomic mass is 10.0. The number of benzene rings is 1. The van der Waals surface area contributed by atoms with Gasteiger partial charge in [0.25, 0.3) is 0 Å². The molecule has 0 radical (unpaired) electrons. The lowest BCUT2D eigenvalue weighted by molar-refractivity contribution is -0.117. The third-order valence-electron chi connectivity index (χ3n) is 3.72. The monoisotopic (exact) mass is 328 g/mol. The molecule has 23 heavy (non-hydrogen) atoms. The van der Waals surface area contributed by atoms with E-state index >= 15 is 0 Å². The van der Waals surface area contributed by atoms with Crippen molar-refractivity contribution in [1.29, 1.82) is 0 Å². The first-order chi connectivity index (χ1) is 11.3. The van der Waals surface area contributed by atoms with Crippen LogP contribution in [-0.4, -0.2) is 22.7 Å². The van der Waals surface area contributed by atoms with Gasteiger partial charge in [-0.25, -0.2) is 15.8 Å². The molecule has 1 aliphatic rings. The summed E-state index contributed by atoms with van der Waals surface area (Å²) in [6.07, 6.45) is 2.42. The van der Waals surface area contributed by atoms with E-state index in [0.29, 0.717) is 6.42 Å². The highest BCUT2D eigenvalue weighted by Gasteiger charge is 2.30. The number of carbonyl (C=O) groups is 1. The van der Waals surface area contributed by atoms with Crippen LogP contribution in [0.3, 0.4) is 0 Å². The molecule has 1 aromatic heterocycles. The number of rotatable bonds is 5. The van der Waals surface area contributed by atoms with Crippen LogP contribution in [0.2, 0.25) is 0 Å². The molecular weight excluding hydrogens is 308 g/mol. The second-order valence-electron chi connectivity index (χ2n) is 5.35. The molecule has 0 saturated carbocycles. The van der Waals surface area contributed by atoms with Gasteiger partial charge in [-0.3, -0.25) is 4.79 Å². The first-order valence-corrected chi connectivity index (χ1v) is 8.70. The molecular formula is C17H20N4OS. The standard InChI is InChI=1S/C17H20N4OS/c1-2-23-16-9-8-13(11-18-16)19-17(22)15-10-14(20-21-15)12-6-4-3-5-7-12/h3-9,11,14-15,20-21H,2,10H2,1H3,(H,19,22). The van der Waals surface area contributed by atoms with Crippen LogP contribution in [0.15, 0.2) is 53.7 Å². The molecule has 1 saturated heterocycles. The zero-order valence-corrected chi connectivity index (χ0v) is 13.8. The molecule has 0 bridgehead atoms. The van der Waals surface area contributed by atoms with Crippen LogP contribution in [0.25, 0.3) is 0 Å². The van der Waals surface area contributed by atoms with E-state index in [4.69, 9.17) is 0 Å². The van der Waals surface area contributed by atoms with E-state index in [2.05, 4.69) is 40.2 Å². The van der Waals surface area contributed by atoms with E-state index in [-0.39, 0.29) is 18.0 Å². The van der Waals surface area contributed by atoms with Gasteiger partial charge in [-0.15, -0.1) is 11.8 Å². The highest BCUT2D eigenvalue weighted by atomic mass is 32.2. The van der Waals surface area contributed by atoms with Crippen molar-refractivity contribution in [3.63, 3.8) is 0 Å². The van der Waals surface area contributed by atoms with Crippen LogP contribution < -0.4 is 16.2 Å². The van der Waals surface area contributed by atoms with Gasteiger partial charge in [-0.1, -0.05) is 37.3 Å². The SMILES string of the molecule is CCSc1ccc(NC(=O)C2CC(c3ccccc3)NN2)cn1. The van der Waals surface area contributed by atoms with E-state index in [1.165, 1.54) is 5.56 Å². The molecule has 2 unspecified atom stereocenters. The fourth-order valence-electron chi connectivity index (χ4n) is 2.55. The van der Waals surface area contributed by atoms with E-state index in [1.807, 2.05) is 30.3 Å². The predicted octanol–water partition coefficient (Wildman–Crippen LogP) is 2.74. The lowest BCUT2D eigenvalue weighted by Crippen LogP contribution is -2.39. The fraction of sp³-hybridized carbons (Fsp3) is 0.294. The molecule has 6 heteroatoms. The number of amides is 1. The van der Waals surface area contributed by atoms with Crippen LogP contribution in [0.4, 0.5) is 5.69 Å². The summed E-state index contributed by atoms with van der Waals surface area (Å²) in [6.45, 7) is 2.09. The van der Waals surface area contributed by atoms with Crippen molar-refractivity contribution in [2.45, 2.75) is 30.5 Å². The minimum Gasteiger partial charge on any atom is -0.323 e. The Morgan fingerprint density at radius 1 is 1.26 bits per heavy atom. The first-order valence-electron chi connectivity index (χ1n) is 7.72. The second kappa shape index (κ2) is 7.59. The van der Waals surface area contributed by atoms with Crippen LogP contribution in [-0.2, 0) is 4.79 Å². The van der Waals surface area contributed by atoms with Crippen LogP contribution in [0.1, 0.15) is 24.9 Å². The zero-order valence-electron chi connectivity index (χ0n) is 13.0. The second-order valence-corrected chi connectivity index (χ2v) is 6.63. The maximum Gasteiger partial charge on any atom is 0.242 e. The Balaban J connectivity index is 1.57. The Bertz CT molecular complexity index is 647. The Hall–Kier alpha value is -1.89. The minimum atomic E-state index is -0.259. The molecule has 1 fully saturated rings. The number of anilines is 1. The molecule has 2 atom stereocenters. The third-order valence-corrected chi connectivity index (χ3v) is 4.54. The van der Waals surface area contributed by atoms with Gasteiger partial charge in [0.05, 0.1) is 16.9 Å². The first kappa shape index (κ1) is 16.0. The summed E-state index contributed by atoms with van der Waals surface area (Å²) in [6, 6.07) is 13.8. The summed E-state index contributed by atoms with van der Waals surface area (Å²) < 4.78 is 0. The van der Waals surface area contributed by atoms with Crippen molar-refractivity contribution in [2.24, 2.45) is 0 Å². The normalized spacial score (nSPS) is 20.4. The topological polar surface area (TPSA) is 66.1 Å². The van der Waals surface area contributed by atoms with Gasteiger partial charge < -0.3 is 5.32 Å². The summed E-state index contributed by atoms with van der Waals surface area (Å²) in [5.41, 5.74) is 8.16. The van der Waals surface area contributed by atoms with Crippen molar-refractivity contribution in [1.82, 2.24) is 15.8 Å². The lowest BCUT2D eigenvalue weighted by Gasteiger charge is -2.11. The number of thioether (sulfide) groups is 1. The Morgan fingerprint density at radius 3 is 2.78 bits per heavy atom. The number of hydrogen-bond donors (Lipinski definition) is 3. The number of carbonyl (C=O) groups excluding carboxylic acids is 1. The van der Waals surface area contributed by atoms with E-state index < -0.39 is 0 Å². The van der Waals surface area contributed by atoms with Crippen molar-refractivity contribution in [3.8, 4) is 0 Å². The molecule has 5 nitrogen and oxygen atoms in total.